The summed E-state index contributed by atoms with van der Waals surface area (Å²) in [5.74, 6) is -2.47. The van der Waals surface area contributed by atoms with Crippen molar-refractivity contribution in [3.8, 4) is 18.1 Å². The Morgan fingerprint density at radius 3 is 2.30 bits per heavy atom. The number of ether oxygens (including phenoxy) is 1. The van der Waals surface area contributed by atoms with E-state index >= 15 is 0 Å². The van der Waals surface area contributed by atoms with E-state index in [1.54, 1.807) is 0 Å². The molecule has 0 saturated carbocycles. The number of benzene rings is 2. The molecular weight excluding hydrogens is 661 g/mol. The first-order valence-electron chi connectivity index (χ1n) is 15.0. The van der Waals surface area contributed by atoms with Crippen molar-refractivity contribution in [1.29, 1.82) is 0 Å². The van der Waals surface area contributed by atoms with Crippen molar-refractivity contribution in [3.63, 3.8) is 0 Å². The summed E-state index contributed by atoms with van der Waals surface area (Å²) < 4.78 is 46.0. The van der Waals surface area contributed by atoms with Gasteiger partial charge in [-0.3, -0.25) is 24.3 Å². The fourth-order valence-electron chi connectivity index (χ4n) is 5.44. The monoisotopic (exact) mass is 688 g/mol. The molecule has 3 aromatic rings. The number of aromatic carboxylic acids is 1. The highest BCUT2D eigenvalue weighted by molar-refractivity contribution is 6.33. The van der Waals surface area contributed by atoms with Gasteiger partial charge in [0.25, 0.3) is 17.7 Å². The van der Waals surface area contributed by atoms with Gasteiger partial charge in [0.2, 0.25) is 0 Å². The number of anilines is 3. The molecular formula is C34H27F3N6O7. The minimum absolute atomic E-state index is 0.0170. The Hall–Kier alpha value is -6.50. The third-order valence-corrected chi connectivity index (χ3v) is 7.68. The second-order valence-corrected chi connectivity index (χ2v) is 11.0. The molecule has 13 nitrogen and oxygen atoms in total. The van der Waals surface area contributed by atoms with Crippen molar-refractivity contribution in [3.05, 3.63) is 88.5 Å². The molecule has 1 aromatic heterocycles. The molecule has 256 valence electrons. The number of halogens is 3. The molecule has 0 spiro atoms. The second kappa shape index (κ2) is 14.7. The van der Waals surface area contributed by atoms with E-state index in [-0.39, 0.29) is 58.8 Å². The number of imide groups is 1. The summed E-state index contributed by atoms with van der Waals surface area (Å²) >= 11 is 0. The first kappa shape index (κ1) is 34.8. The zero-order chi connectivity index (χ0) is 36.1. The number of nitrogens with one attached hydrogen (secondary N) is 2. The highest BCUT2D eigenvalue weighted by Gasteiger charge is 2.41. The summed E-state index contributed by atoms with van der Waals surface area (Å²) in [7, 11) is 0. The van der Waals surface area contributed by atoms with Gasteiger partial charge in [0.1, 0.15) is 23.1 Å². The molecule has 3 heterocycles. The molecule has 0 saturated heterocycles. The Morgan fingerprint density at radius 2 is 1.68 bits per heavy atom. The summed E-state index contributed by atoms with van der Waals surface area (Å²) in [6.07, 6.45) is 9.40. The molecule has 3 N–H and O–H groups in total. The molecule has 6 rings (SSSR count). The fourth-order valence-corrected chi connectivity index (χ4v) is 5.44. The van der Waals surface area contributed by atoms with Crippen molar-refractivity contribution in [1.82, 2.24) is 10.4 Å². The van der Waals surface area contributed by atoms with Gasteiger partial charge < -0.3 is 15.2 Å². The third kappa shape index (κ3) is 7.31. The summed E-state index contributed by atoms with van der Waals surface area (Å²) in [6.45, 7) is 1.19. The standard InChI is InChI=1S/C19H15FN2O4.C15H12F2N4O3/c1-2-7-21-15-9-14(13(20)8-16(15)26-10-17(21)23)22-18(24)11-5-3-4-6-12(11)19(22)25;1-8(13-12(14(22)23)3-2-4-18-13)20-21-15(24)19-11-6-9(16)5-10(17)7-11/h1,8-9H,3-7,10H2;2-7H,1H3,(H,22,23)(H2,19,21,24)/b;20-8+. The van der Waals surface area contributed by atoms with Crippen molar-refractivity contribution in [2.24, 2.45) is 5.10 Å². The van der Waals surface area contributed by atoms with Gasteiger partial charge in [0.05, 0.1) is 29.2 Å². The Morgan fingerprint density at radius 1 is 1.02 bits per heavy atom. The predicted molar refractivity (Wildman–Crippen MR) is 173 cm³/mol. The van der Waals surface area contributed by atoms with Gasteiger partial charge in [0.15, 0.2) is 12.4 Å². The van der Waals surface area contributed by atoms with Crippen molar-refractivity contribution >= 4 is 52.5 Å². The van der Waals surface area contributed by atoms with Crippen LogP contribution in [0.25, 0.3) is 0 Å². The highest BCUT2D eigenvalue weighted by atomic mass is 19.1. The average Bonchev–Trinajstić information content (AvgIpc) is 3.33. The van der Waals surface area contributed by atoms with E-state index < -0.39 is 41.3 Å². The number of hydrogen-bond acceptors (Lipinski definition) is 8. The van der Waals surface area contributed by atoms with Crippen LogP contribution in [0.4, 0.5) is 35.0 Å². The number of urea groups is 1. The topological polar surface area (TPSA) is 171 Å². The number of terminal acetylenes is 1. The number of hydrogen-bond donors (Lipinski definition) is 3. The zero-order valence-electron chi connectivity index (χ0n) is 26.3. The van der Waals surface area contributed by atoms with E-state index in [4.69, 9.17) is 16.3 Å². The Labute approximate surface area is 282 Å². The quantitative estimate of drug-likeness (QED) is 0.147. The minimum Gasteiger partial charge on any atom is -0.481 e. The van der Waals surface area contributed by atoms with Crippen LogP contribution in [0.2, 0.25) is 0 Å². The van der Waals surface area contributed by atoms with Gasteiger partial charge in [-0.25, -0.2) is 33.1 Å². The van der Waals surface area contributed by atoms with Crippen LogP contribution in [0.1, 0.15) is 48.7 Å². The zero-order valence-corrected chi connectivity index (χ0v) is 26.3. The van der Waals surface area contributed by atoms with Gasteiger partial charge in [-0.05, 0) is 62.9 Å². The SMILES string of the molecule is C#CCN1C(=O)COc2cc(F)c(N3C(=O)C4=C(CCCC4)C3=O)cc21.C/C(=N\NC(=O)Nc1cc(F)cc(F)c1)c1ncccc1C(=O)O. The number of amides is 5. The fraction of sp³-hybridized carbons (Fsp3) is 0.206. The van der Waals surface area contributed by atoms with Crippen molar-refractivity contribution in [2.45, 2.75) is 32.6 Å². The maximum absolute atomic E-state index is 14.7. The molecule has 1 aliphatic carbocycles. The number of fused-ring (bicyclic) bond motifs is 1. The Balaban J connectivity index is 0.000000195. The van der Waals surface area contributed by atoms with E-state index in [1.165, 1.54) is 36.2 Å². The molecule has 0 atom stereocenters. The van der Waals surface area contributed by atoms with Crippen LogP contribution in [0.3, 0.4) is 0 Å². The van der Waals surface area contributed by atoms with Crippen LogP contribution in [0.5, 0.6) is 5.75 Å². The van der Waals surface area contributed by atoms with E-state index in [1.807, 2.05) is 0 Å². The lowest BCUT2D eigenvalue weighted by atomic mass is 9.93. The van der Waals surface area contributed by atoms with Crippen LogP contribution in [0, 0.1) is 29.8 Å². The molecule has 0 radical (unpaired) electrons. The molecule has 2 aromatic carbocycles. The normalized spacial score (nSPS) is 15.3. The third-order valence-electron chi connectivity index (χ3n) is 7.68. The molecule has 0 bridgehead atoms. The molecule has 0 fully saturated rings. The molecule has 5 amide bonds. The van der Waals surface area contributed by atoms with Gasteiger partial charge in [-0.2, -0.15) is 5.10 Å². The lowest BCUT2D eigenvalue weighted by Gasteiger charge is -2.29. The van der Waals surface area contributed by atoms with E-state index in [9.17, 15) is 37.1 Å². The summed E-state index contributed by atoms with van der Waals surface area (Å²) in [5, 5.41) is 15.0. The predicted octanol–water partition coefficient (Wildman–Crippen LogP) is 4.53. The smallest absolute Gasteiger partial charge is 0.339 e. The Bertz CT molecular complexity index is 1990. The first-order valence-corrected chi connectivity index (χ1v) is 15.0. The van der Waals surface area contributed by atoms with Crippen LogP contribution in [-0.2, 0) is 14.4 Å². The van der Waals surface area contributed by atoms with Crippen LogP contribution in [0.15, 0.2) is 64.9 Å². The van der Waals surface area contributed by atoms with E-state index in [2.05, 4.69) is 26.7 Å². The summed E-state index contributed by atoms with van der Waals surface area (Å²) in [5.41, 5.74) is 3.15. The molecule has 2 aliphatic heterocycles. The number of hydrazone groups is 1. The van der Waals surface area contributed by atoms with Gasteiger partial charge in [-0.1, -0.05) is 5.92 Å². The number of aromatic nitrogens is 1. The van der Waals surface area contributed by atoms with Gasteiger partial charge in [-0.15, -0.1) is 6.42 Å². The van der Waals surface area contributed by atoms with Gasteiger partial charge >= 0.3 is 12.0 Å². The number of carbonyl (C=O) groups is 5. The van der Waals surface area contributed by atoms with Gasteiger partial charge in [0, 0.05) is 35.2 Å². The first-order chi connectivity index (χ1) is 23.9. The maximum Gasteiger partial charge on any atom is 0.339 e. The summed E-state index contributed by atoms with van der Waals surface area (Å²) in [4.78, 5) is 66.2. The number of rotatable bonds is 6. The number of carboxylic acid groups (broad SMARTS) is 1. The lowest BCUT2D eigenvalue weighted by molar-refractivity contribution is -0.121. The summed E-state index contributed by atoms with van der Waals surface area (Å²) in [6, 6.07) is 6.84. The van der Waals surface area contributed by atoms with E-state index in [0.717, 1.165) is 35.9 Å². The van der Waals surface area contributed by atoms with Crippen LogP contribution < -0.4 is 25.3 Å². The lowest BCUT2D eigenvalue weighted by Crippen LogP contribution is -2.39. The molecule has 50 heavy (non-hydrogen) atoms. The molecule has 0 unspecified atom stereocenters. The number of pyridine rings is 1. The van der Waals surface area contributed by atoms with Crippen molar-refractivity contribution in [2.75, 3.05) is 28.3 Å². The second-order valence-electron chi connectivity index (χ2n) is 11.0. The molecule has 3 aliphatic rings. The number of carboxylic acids is 1. The van der Waals surface area contributed by atoms with Crippen LogP contribution in [-0.4, -0.2) is 58.7 Å². The molecule has 16 heteroatoms. The van der Waals surface area contributed by atoms with E-state index in [0.29, 0.717) is 30.1 Å². The highest BCUT2D eigenvalue weighted by Crippen LogP contribution is 2.41. The number of nitrogens with zero attached hydrogens (tertiary/aromatic N) is 4. The maximum atomic E-state index is 14.7. The Kier molecular flexibility index (Phi) is 10.3. The van der Waals surface area contributed by atoms with Crippen LogP contribution >= 0.6 is 0 Å². The largest absolute Gasteiger partial charge is 0.481 e. The number of carbonyl (C=O) groups excluding carboxylic acids is 4. The average molecular weight is 689 g/mol. The minimum atomic E-state index is -1.19. The van der Waals surface area contributed by atoms with Crippen molar-refractivity contribution < 1.29 is 47.0 Å².